The fourth-order valence-electron chi connectivity index (χ4n) is 6.90. The quantitative estimate of drug-likeness (QED) is 0.510. The second-order valence-electron chi connectivity index (χ2n) is 8.75. The first kappa shape index (κ1) is 13.3. The zero-order valence-corrected chi connectivity index (χ0v) is 13.1. The third-order valence-corrected chi connectivity index (χ3v) is 7.87. The van der Waals surface area contributed by atoms with Gasteiger partial charge in [0.25, 0.3) is 0 Å². The predicted molar refractivity (Wildman–Crippen MR) is 81.1 cm³/mol. The topological polar surface area (TPSA) is 0 Å². The van der Waals surface area contributed by atoms with Gasteiger partial charge >= 0.3 is 0 Å². The maximum atomic E-state index is 15.2. The Morgan fingerprint density at radius 3 is 2.80 bits per heavy atom. The molecule has 4 aliphatic rings. The van der Waals surface area contributed by atoms with Gasteiger partial charge in [0, 0.05) is 0 Å². The van der Waals surface area contributed by atoms with Crippen LogP contribution in [0.3, 0.4) is 0 Å². The number of rotatable bonds is 0. The van der Waals surface area contributed by atoms with Crippen LogP contribution in [-0.4, -0.2) is 6.17 Å². The SMILES string of the molecule is C[C@@]12CCC[C@H]1[C@@H]1CCC3CC=CC[C@]3(C)[C@H]1[C@@H](F)C2. The molecule has 0 N–H and O–H groups in total. The summed E-state index contributed by atoms with van der Waals surface area (Å²) >= 11 is 0. The highest BCUT2D eigenvalue weighted by atomic mass is 19.1. The third kappa shape index (κ3) is 1.64. The van der Waals surface area contributed by atoms with E-state index in [2.05, 4.69) is 26.0 Å². The Morgan fingerprint density at radius 1 is 1.10 bits per heavy atom. The molecule has 3 saturated carbocycles. The summed E-state index contributed by atoms with van der Waals surface area (Å²) in [5.41, 5.74) is 0.579. The average molecular weight is 276 g/mol. The number of fused-ring (bicyclic) bond motifs is 5. The highest BCUT2D eigenvalue weighted by molar-refractivity contribution is 5.13. The molecule has 0 aromatic carbocycles. The molecule has 112 valence electrons. The molecule has 0 heterocycles. The molecule has 0 spiro atoms. The molecule has 7 atom stereocenters. The molecule has 1 heteroatoms. The molecule has 0 radical (unpaired) electrons. The van der Waals surface area contributed by atoms with Gasteiger partial charge in [-0.1, -0.05) is 32.4 Å². The Hall–Kier alpha value is -0.330. The van der Waals surface area contributed by atoms with Crippen LogP contribution in [0.5, 0.6) is 0 Å². The minimum absolute atomic E-state index is 0.251. The van der Waals surface area contributed by atoms with E-state index in [1.165, 1.54) is 38.5 Å². The van der Waals surface area contributed by atoms with Crippen molar-refractivity contribution in [3.8, 4) is 0 Å². The van der Waals surface area contributed by atoms with Crippen molar-refractivity contribution in [1.29, 1.82) is 0 Å². The van der Waals surface area contributed by atoms with E-state index in [1.807, 2.05) is 0 Å². The fraction of sp³-hybridized carbons (Fsp3) is 0.895. The summed E-state index contributed by atoms with van der Waals surface area (Å²) in [6.45, 7) is 4.81. The largest absolute Gasteiger partial charge is 0.247 e. The van der Waals surface area contributed by atoms with Crippen LogP contribution < -0.4 is 0 Å². The van der Waals surface area contributed by atoms with Gasteiger partial charge in [0.1, 0.15) is 6.17 Å². The van der Waals surface area contributed by atoms with Crippen molar-refractivity contribution in [3.63, 3.8) is 0 Å². The van der Waals surface area contributed by atoms with Gasteiger partial charge in [-0.25, -0.2) is 4.39 Å². The summed E-state index contributed by atoms with van der Waals surface area (Å²) in [6.07, 6.45) is 14.0. The van der Waals surface area contributed by atoms with Crippen molar-refractivity contribution in [3.05, 3.63) is 12.2 Å². The molecule has 4 aliphatic carbocycles. The number of hydrogen-bond donors (Lipinski definition) is 0. The zero-order valence-electron chi connectivity index (χ0n) is 13.1. The lowest BCUT2D eigenvalue weighted by atomic mass is 9.45. The molecule has 20 heavy (non-hydrogen) atoms. The van der Waals surface area contributed by atoms with E-state index in [0.29, 0.717) is 17.3 Å². The molecule has 1 unspecified atom stereocenters. The number of halogens is 1. The minimum Gasteiger partial charge on any atom is -0.247 e. The van der Waals surface area contributed by atoms with Crippen LogP contribution in [0.4, 0.5) is 4.39 Å². The molecule has 4 rings (SSSR count). The number of allylic oxidation sites excluding steroid dienone is 2. The molecule has 0 aromatic rings. The first-order valence-electron chi connectivity index (χ1n) is 8.84. The molecule has 0 saturated heterocycles. The molecule has 0 aromatic heterocycles. The Balaban J connectivity index is 1.72. The lowest BCUT2D eigenvalue weighted by molar-refractivity contribution is -0.128. The first-order valence-corrected chi connectivity index (χ1v) is 8.84. The monoisotopic (exact) mass is 276 g/mol. The Kier molecular flexibility index (Phi) is 2.89. The molecular weight excluding hydrogens is 247 g/mol. The normalized spacial score (nSPS) is 57.9. The molecule has 0 nitrogen and oxygen atoms in total. The molecule has 0 amide bonds. The molecular formula is C19H29F. The van der Waals surface area contributed by atoms with Gasteiger partial charge in [0.15, 0.2) is 0 Å². The van der Waals surface area contributed by atoms with Crippen LogP contribution in [0, 0.1) is 34.5 Å². The van der Waals surface area contributed by atoms with Crippen molar-refractivity contribution in [1.82, 2.24) is 0 Å². The van der Waals surface area contributed by atoms with E-state index in [1.54, 1.807) is 0 Å². The summed E-state index contributed by atoms with van der Waals surface area (Å²) < 4.78 is 15.2. The fourth-order valence-corrected chi connectivity index (χ4v) is 6.90. The summed E-state index contributed by atoms with van der Waals surface area (Å²) in [6, 6.07) is 0. The van der Waals surface area contributed by atoms with Crippen molar-refractivity contribution >= 4 is 0 Å². The Bertz CT molecular complexity index is 427. The van der Waals surface area contributed by atoms with Crippen LogP contribution >= 0.6 is 0 Å². The van der Waals surface area contributed by atoms with Crippen LogP contribution in [0.15, 0.2) is 12.2 Å². The molecule has 0 bridgehead atoms. The van der Waals surface area contributed by atoms with Gasteiger partial charge in [-0.2, -0.15) is 0 Å². The van der Waals surface area contributed by atoms with Gasteiger partial charge in [-0.05, 0) is 79.4 Å². The van der Waals surface area contributed by atoms with E-state index in [4.69, 9.17) is 0 Å². The van der Waals surface area contributed by atoms with Crippen molar-refractivity contribution < 1.29 is 4.39 Å². The van der Waals surface area contributed by atoms with E-state index >= 15 is 4.39 Å². The van der Waals surface area contributed by atoms with E-state index in [9.17, 15) is 0 Å². The van der Waals surface area contributed by atoms with E-state index in [0.717, 1.165) is 24.7 Å². The van der Waals surface area contributed by atoms with Crippen LogP contribution in [0.1, 0.15) is 65.2 Å². The van der Waals surface area contributed by atoms with Crippen LogP contribution in [-0.2, 0) is 0 Å². The van der Waals surface area contributed by atoms with E-state index in [-0.39, 0.29) is 5.41 Å². The second-order valence-corrected chi connectivity index (χ2v) is 8.75. The lowest BCUT2D eigenvalue weighted by Gasteiger charge is -2.60. The summed E-state index contributed by atoms with van der Waals surface area (Å²) in [7, 11) is 0. The standard InChI is InChI=1S/C19H29F/c1-18-10-5-7-15(18)14-9-8-13-6-3-4-11-19(13,2)17(14)16(20)12-18/h3-4,13-17H,5-12H2,1-2H3/t13?,14-,15-,16-,17+,18-,19-/m0/s1. The smallest absolute Gasteiger partial charge is 0.104 e. The van der Waals surface area contributed by atoms with Crippen molar-refractivity contribution in [2.75, 3.05) is 0 Å². The first-order chi connectivity index (χ1) is 9.55. The summed E-state index contributed by atoms with van der Waals surface area (Å²) in [4.78, 5) is 0. The predicted octanol–water partition coefficient (Wildman–Crippen LogP) is 5.53. The van der Waals surface area contributed by atoms with Crippen LogP contribution in [0.2, 0.25) is 0 Å². The zero-order chi connectivity index (χ0) is 14.0. The average Bonchev–Trinajstić information content (AvgIpc) is 2.78. The van der Waals surface area contributed by atoms with Gasteiger partial charge in [-0.3, -0.25) is 0 Å². The van der Waals surface area contributed by atoms with Gasteiger partial charge in [-0.15, -0.1) is 0 Å². The third-order valence-electron chi connectivity index (χ3n) is 7.87. The van der Waals surface area contributed by atoms with Crippen molar-refractivity contribution in [2.24, 2.45) is 34.5 Å². The maximum Gasteiger partial charge on any atom is 0.104 e. The molecule has 0 aliphatic heterocycles. The maximum absolute atomic E-state index is 15.2. The van der Waals surface area contributed by atoms with Gasteiger partial charge in [0.05, 0.1) is 0 Å². The summed E-state index contributed by atoms with van der Waals surface area (Å²) in [5.74, 6) is 2.60. The number of hydrogen-bond acceptors (Lipinski definition) is 0. The highest BCUT2D eigenvalue weighted by Crippen LogP contribution is 2.66. The Morgan fingerprint density at radius 2 is 1.95 bits per heavy atom. The summed E-state index contributed by atoms with van der Waals surface area (Å²) in [5, 5.41) is 0. The highest BCUT2D eigenvalue weighted by Gasteiger charge is 2.60. The van der Waals surface area contributed by atoms with Crippen LogP contribution in [0.25, 0.3) is 0 Å². The number of alkyl halides is 1. The van der Waals surface area contributed by atoms with Crippen molar-refractivity contribution in [2.45, 2.75) is 71.4 Å². The second kappa shape index (κ2) is 4.34. The minimum atomic E-state index is -0.543. The van der Waals surface area contributed by atoms with Gasteiger partial charge < -0.3 is 0 Å². The van der Waals surface area contributed by atoms with E-state index < -0.39 is 6.17 Å². The molecule has 3 fully saturated rings. The van der Waals surface area contributed by atoms with Gasteiger partial charge in [0.2, 0.25) is 0 Å². The lowest BCUT2D eigenvalue weighted by Crippen LogP contribution is -2.55. The Labute approximate surface area is 123 Å².